The SMILES string of the molecule is CC(Cc1ccc(F)c(Cl)c1)(C(N)=O)C(=O)O. The minimum atomic E-state index is -1.73. The first kappa shape index (κ1) is 13.4. The Bertz CT molecular complexity index is 462. The average molecular weight is 260 g/mol. The first-order valence-corrected chi connectivity index (χ1v) is 5.12. The van der Waals surface area contributed by atoms with Gasteiger partial charge in [0.25, 0.3) is 0 Å². The van der Waals surface area contributed by atoms with Crippen LogP contribution in [0.2, 0.25) is 5.02 Å². The van der Waals surface area contributed by atoms with Gasteiger partial charge in [0.2, 0.25) is 5.91 Å². The quantitative estimate of drug-likeness (QED) is 0.806. The molecule has 1 unspecified atom stereocenters. The number of hydrogen-bond donors (Lipinski definition) is 2. The molecular weight excluding hydrogens is 249 g/mol. The van der Waals surface area contributed by atoms with Crippen LogP contribution in [-0.2, 0) is 16.0 Å². The van der Waals surface area contributed by atoms with E-state index in [-0.39, 0.29) is 11.4 Å². The number of carboxylic acids is 1. The van der Waals surface area contributed by atoms with Crippen molar-refractivity contribution >= 4 is 23.5 Å². The van der Waals surface area contributed by atoms with Gasteiger partial charge in [-0.15, -0.1) is 0 Å². The van der Waals surface area contributed by atoms with Gasteiger partial charge in [-0.05, 0) is 31.0 Å². The highest BCUT2D eigenvalue weighted by atomic mass is 35.5. The Balaban J connectivity index is 3.07. The molecule has 1 rings (SSSR count). The summed E-state index contributed by atoms with van der Waals surface area (Å²) in [6, 6.07) is 3.76. The molecule has 0 aliphatic rings. The fourth-order valence-corrected chi connectivity index (χ4v) is 1.53. The number of carbonyl (C=O) groups excluding carboxylic acids is 1. The van der Waals surface area contributed by atoms with Crippen molar-refractivity contribution in [3.05, 3.63) is 34.6 Å². The van der Waals surface area contributed by atoms with E-state index in [0.29, 0.717) is 5.56 Å². The van der Waals surface area contributed by atoms with Crippen molar-refractivity contribution in [2.75, 3.05) is 0 Å². The number of benzene rings is 1. The van der Waals surface area contributed by atoms with Gasteiger partial charge in [-0.3, -0.25) is 9.59 Å². The molecule has 0 spiro atoms. The predicted molar refractivity (Wildman–Crippen MR) is 60.1 cm³/mol. The molecule has 4 nitrogen and oxygen atoms in total. The Labute approximate surface area is 102 Å². The summed E-state index contributed by atoms with van der Waals surface area (Å²) in [5.74, 6) is -2.89. The minimum Gasteiger partial charge on any atom is -0.480 e. The summed E-state index contributed by atoms with van der Waals surface area (Å²) >= 11 is 5.56. The van der Waals surface area contributed by atoms with Gasteiger partial charge in [-0.1, -0.05) is 17.7 Å². The maximum Gasteiger partial charge on any atom is 0.319 e. The Kier molecular flexibility index (Phi) is 3.72. The molecule has 1 atom stereocenters. The van der Waals surface area contributed by atoms with E-state index in [9.17, 15) is 14.0 Å². The third-order valence-electron chi connectivity index (χ3n) is 2.56. The first-order valence-electron chi connectivity index (χ1n) is 4.74. The van der Waals surface area contributed by atoms with E-state index in [0.717, 1.165) is 6.07 Å². The van der Waals surface area contributed by atoms with Crippen LogP contribution in [0.1, 0.15) is 12.5 Å². The smallest absolute Gasteiger partial charge is 0.319 e. The monoisotopic (exact) mass is 259 g/mol. The van der Waals surface area contributed by atoms with Crippen molar-refractivity contribution in [2.24, 2.45) is 11.1 Å². The Morgan fingerprint density at radius 1 is 1.53 bits per heavy atom. The topological polar surface area (TPSA) is 80.4 Å². The Hall–Kier alpha value is -1.62. The van der Waals surface area contributed by atoms with Crippen LogP contribution >= 0.6 is 11.6 Å². The third kappa shape index (κ3) is 2.74. The zero-order valence-electron chi connectivity index (χ0n) is 9.04. The summed E-state index contributed by atoms with van der Waals surface area (Å²) in [5, 5.41) is 8.85. The number of amides is 1. The van der Waals surface area contributed by atoms with Crippen molar-refractivity contribution in [3.8, 4) is 0 Å². The van der Waals surface area contributed by atoms with Gasteiger partial charge in [-0.2, -0.15) is 0 Å². The highest BCUT2D eigenvalue weighted by Crippen LogP contribution is 2.25. The van der Waals surface area contributed by atoms with Gasteiger partial charge in [0.15, 0.2) is 0 Å². The van der Waals surface area contributed by atoms with Crippen LogP contribution in [0.25, 0.3) is 0 Å². The molecule has 0 bridgehead atoms. The van der Waals surface area contributed by atoms with Crippen molar-refractivity contribution < 1.29 is 19.1 Å². The molecule has 0 heterocycles. The molecule has 0 aliphatic heterocycles. The number of aliphatic carboxylic acids is 1. The summed E-state index contributed by atoms with van der Waals surface area (Å²) in [5.41, 5.74) is 3.76. The highest BCUT2D eigenvalue weighted by Gasteiger charge is 2.39. The van der Waals surface area contributed by atoms with Crippen molar-refractivity contribution in [1.82, 2.24) is 0 Å². The molecule has 6 heteroatoms. The van der Waals surface area contributed by atoms with Crippen molar-refractivity contribution in [1.29, 1.82) is 0 Å². The van der Waals surface area contributed by atoms with E-state index in [2.05, 4.69) is 0 Å². The number of carbonyl (C=O) groups is 2. The van der Waals surface area contributed by atoms with Crippen LogP contribution in [0.4, 0.5) is 4.39 Å². The van der Waals surface area contributed by atoms with Gasteiger partial charge in [0, 0.05) is 0 Å². The summed E-state index contributed by atoms with van der Waals surface area (Å²) in [6.45, 7) is 1.22. The summed E-state index contributed by atoms with van der Waals surface area (Å²) in [4.78, 5) is 22.2. The number of primary amides is 1. The number of carboxylic acid groups (broad SMARTS) is 1. The lowest BCUT2D eigenvalue weighted by atomic mass is 9.83. The maximum absolute atomic E-state index is 12.9. The van der Waals surface area contributed by atoms with E-state index in [1.807, 2.05) is 0 Å². The average Bonchev–Trinajstić information content (AvgIpc) is 2.22. The second-order valence-electron chi connectivity index (χ2n) is 3.93. The summed E-state index contributed by atoms with van der Waals surface area (Å²) < 4.78 is 12.9. The van der Waals surface area contributed by atoms with Crippen LogP contribution < -0.4 is 5.73 Å². The number of nitrogens with two attached hydrogens (primary N) is 1. The molecule has 0 aliphatic carbocycles. The molecule has 17 heavy (non-hydrogen) atoms. The molecule has 0 radical (unpaired) electrons. The maximum atomic E-state index is 12.9. The van der Waals surface area contributed by atoms with E-state index < -0.39 is 23.1 Å². The zero-order chi connectivity index (χ0) is 13.2. The standard InChI is InChI=1S/C11H11ClFNO3/c1-11(9(14)15,10(16)17)5-6-2-3-8(13)7(12)4-6/h2-4H,5H2,1H3,(H2,14,15)(H,16,17). The van der Waals surface area contributed by atoms with Crippen LogP contribution in [0.5, 0.6) is 0 Å². The number of rotatable bonds is 4. The highest BCUT2D eigenvalue weighted by molar-refractivity contribution is 6.30. The van der Waals surface area contributed by atoms with Gasteiger partial charge in [-0.25, -0.2) is 4.39 Å². The van der Waals surface area contributed by atoms with Crippen LogP contribution in [0.15, 0.2) is 18.2 Å². The second kappa shape index (κ2) is 4.71. The van der Waals surface area contributed by atoms with Crippen LogP contribution in [0.3, 0.4) is 0 Å². The van der Waals surface area contributed by atoms with E-state index in [1.54, 1.807) is 0 Å². The van der Waals surface area contributed by atoms with E-state index in [1.165, 1.54) is 19.1 Å². The molecule has 92 valence electrons. The van der Waals surface area contributed by atoms with Crippen molar-refractivity contribution in [2.45, 2.75) is 13.3 Å². The van der Waals surface area contributed by atoms with Crippen LogP contribution in [-0.4, -0.2) is 17.0 Å². The molecule has 3 N–H and O–H groups in total. The van der Waals surface area contributed by atoms with Crippen LogP contribution in [0, 0.1) is 11.2 Å². The molecule has 0 fully saturated rings. The van der Waals surface area contributed by atoms with Crippen molar-refractivity contribution in [3.63, 3.8) is 0 Å². The Morgan fingerprint density at radius 3 is 2.53 bits per heavy atom. The minimum absolute atomic E-state index is 0.125. The van der Waals surface area contributed by atoms with Gasteiger partial charge < -0.3 is 10.8 Å². The molecule has 1 aromatic rings. The normalized spacial score (nSPS) is 14.1. The molecule has 0 saturated heterocycles. The molecule has 1 aromatic carbocycles. The Morgan fingerprint density at radius 2 is 2.12 bits per heavy atom. The second-order valence-corrected chi connectivity index (χ2v) is 4.33. The molecule has 1 amide bonds. The molecule has 0 aromatic heterocycles. The summed E-state index contributed by atoms with van der Waals surface area (Å²) in [7, 11) is 0. The van der Waals surface area contributed by atoms with E-state index >= 15 is 0 Å². The summed E-state index contributed by atoms with van der Waals surface area (Å²) in [6.07, 6.45) is -0.141. The lowest BCUT2D eigenvalue weighted by molar-refractivity contribution is -0.153. The zero-order valence-corrected chi connectivity index (χ0v) is 9.79. The largest absolute Gasteiger partial charge is 0.480 e. The van der Waals surface area contributed by atoms with Gasteiger partial charge in [0.1, 0.15) is 11.2 Å². The number of halogens is 2. The lowest BCUT2D eigenvalue weighted by Crippen LogP contribution is -2.43. The van der Waals surface area contributed by atoms with Gasteiger partial charge >= 0.3 is 5.97 Å². The lowest BCUT2D eigenvalue weighted by Gasteiger charge is -2.20. The fraction of sp³-hybridized carbons (Fsp3) is 0.273. The first-order chi connectivity index (χ1) is 7.77. The van der Waals surface area contributed by atoms with Gasteiger partial charge in [0.05, 0.1) is 5.02 Å². The third-order valence-corrected chi connectivity index (χ3v) is 2.85. The fourth-order valence-electron chi connectivity index (χ4n) is 1.33. The van der Waals surface area contributed by atoms with E-state index in [4.69, 9.17) is 22.4 Å². The molecular formula is C11H11ClFNO3. The number of hydrogen-bond acceptors (Lipinski definition) is 2. The predicted octanol–water partition coefficient (Wildman–Crippen LogP) is 1.60. The molecule has 0 saturated carbocycles.